The standard InChI is InChI=1S/C12H10N2O/c1-7-4-11(10(5-13)6-14)8(2)9(3)12(7)15/h4H,1-3H3. The van der Waals surface area contributed by atoms with Gasteiger partial charge >= 0.3 is 0 Å². The first-order valence-electron chi connectivity index (χ1n) is 4.48. The lowest BCUT2D eigenvalue weighted by atomic mass is 9.87. The van der Waals surface area contributed by atoms with Gasteiger partial charge in [-0.3, -0.25) is 4.79 Å². The summed E-state index contributed by atoms with van der Waals surface area (Å²) >= 11 is 0. The second kappa shape index (κ2) is 3.94. The summed E-state index contributed by atoms with van der Waals surface area (Å²) in [5.41, 5.74) is 2.50. The number of carbonyl (C=O) groups is 1. The van der Waals surface area contributed by atoms with Gasteiger partial charge in [0.25, 0.3) is 0 Å². The molecule has 1 aliphatic carbocycles. The Morgan fingerprint density at radius 3 is 2.13 bits per heavy atom. The lowest BCUT2D eigenvalue weighted by Gasteiger charge is -2.15. The number of rotatable bonds is 0. The average Bonchev–Trinajstić information content (AvgIpc) is 2.24. The van der Waals surface area contributed by atoms with Crippen molar-refractivity contribution in [1.82, 2.24) is 0 Å². The first-order chi connectivity index (χ1) is 7.02. The van der Waals surface area contributed by atoms with E-state index in [1.165, 1.54) is 0 Å². The zero-order valence-corrected chi connectivity index (χ0v) is 8.88. The van der Waals surface area contributed by atoms with Crippen molar-refractivity contribution in [2.45, 2.75) is 20.8 Å². The van der Waals surface area contributed by atoms with Gasteiger partial charge in [0.2, 0.25) is 0 Å². The molecule has 0 N–H and O–H groups in total. The first-order valence-corrected chi connectivity index (χ1v) is 4.48. The zero-order chi connectivity index (χ0) is 11.6. The van der Waals surface area contributed by atoms with E-state index in [2.05, 4.69) is 0 Å². The quantitative estimate of drug-likeness (QED) is 0.560. The molecule has 0 aromatic heterocycles. The maximum Gasteiger partial charge on any atom is 0.184 e. The Morgan fingerprint density at radius 2 is 1.67 bits per heavy atom. The van der Waals surface area contributed by atoms with Crippen LogP contribution < -0.4 is 0 Å². The lowest BCUT2D eigenvalue weighted by Crippen LogP contribution is -2.10. The molecule has 0 aromatic carbocycles. The van der Waals surface area contributed by atoms with E-state index >= 15 is 0 Å². The van der Waals surface area contributed by atoms with Gasteiger partial charge in [0.15, 0.2) is 5.78 Å². The van der Waals surface area contributed by atoms with E-state index in [-0.39, 0.29) is 11.4 Å². The third-order valence-corrected chi connectivity index (χ3v) is 2.52. The summed E-state index contributed by atoms with van der Waals surface area (Å²) in [6.07, 6.45) is 1.60. The van der Waals surface area contributed by atoms with Crippen LogP contribution in [-0.2, 0) is 4.79 Å². The number of hydrogen-bond acceptors (Lipinski definition) is 3. The molecule has 0 saturated heterocycles. The number of Topliss-reactive ketones (excluding diaryl/α,β-unsaturated/α-hetero) is 1. The monoisotopic (exact) mass is 198 g/mol. The third kappa shape index (κ3) is 1.73. The number of nitrogens with zero attached hydrogens (tertiary/aromatic N) is 2. The molecule has 0 fully saturated rings. The molecule has 0 radical (unpaired) electrons. The first kappa shape index (κ1) is 10.9. The highest BCUT2D eigenvalue weighted by molar-refractivity contribution is 6.10. The van der Waals surface area contributed by atoms with Crippen LogP contribution in [0.3, 0.4) is 0 Å². The molecular weight excluding hydrogens is 188 g/mol. The van der Waals surface area contributed by atoms with Crippen molar-refractivity contribution >= 4 is 5.78 Å². The van der Waals surface area contributed by atoms with Gasteiger partial charge in [0, 0.05) is 11.1 Å². The van der Waals surface area contributed by atoms with Gasteiger partial charge in [0.1, 0.15) is 17.7 Å². The molecule has 0 amide bonds. The Morgan fingerprint density at radius 1 is 1.13 bits per heavy atom. The van der Waals surface area contributed by atoms with E-state index in [0.29, 0.717) is 22.3 Å². The van der Waals surface area contributed by atoms with Crippen molar-refractivity contribution in [2.75, 3.05) is 0 Å². The molecule has 3 heteroatoms. The topological polar surface area (TPSA) is 64.7 Å². The summed E-state index contributed by atoms with van der Waals surface area (Å²) in [5, 5.41) is 17.5. The summed E-state index contributed by atoms with van der Waals surface area (Å²) in [5.74, 6) is -0.0218. The van der Waals surface area contributed by atoms with Crippen LogP contribution in [0.5, 0.6) is 0 Å². The predicted octanol–water partition coefficient (Wildman–Crippen LogP) is 2.20. The molecule has 0 bridgehead atoms. The molecule has 0 saturated carbocycles. The van der Waals surface area contributed by atoms with Gasteiger partial charge in [-0.1, -0.05) is 0 Å². The van der Waals surface area contributed by atoms with E-state index in [0.717, 1.165) is 0 Å². The van der Waals surface area contributed by atoms with Gasteiger partial charge in [-0.15, -0.1) is 0 Å². The van der Waals surface area contributed by atoms with Gasteiger partial charge in [-0.25, -0.2) is 0 Å². The fourth-order valence-electron chi connectivity index (χ4n) is 1.46. The fourth-order valence-corrected chi connectivity index (χ4v) is 1.46. The molecule has 1 rings (SSSR count). The van der Waals surface area contributed by atoms with Crippen LogP contribution in [0.1, 0.15) is 20.8 Å². The molecule has 0 aromatic rings. The summed E-state index contributed by atoms with van der Waals surface area (Å²) in [6, 6.07) is 3.67. The van der Waals surface area contributed by atoms with Crippen LogP contribution >= 0.6 is 0 Å². The summed E-state index contributed by atoms with van der Waals surface area (Å²) < 4.78 is 0. The third-order valence-electron chi connectivity index (χ3n) is 2.52. The van der Waals surface area contributed by atoms with Crippen LogP contribution in [0.2, 0.25) is 0 Å². The fraction of sp³-hybridized carbons (Fsp3) is 0.250. The molecule has 0 spiro atoms. The number of hydrogen-bond donors (Lipinski definition) is 0. The molecule has 15 heavy (non-hydrogen) atoms. The molecule has 0 unspecified atom stereocenters. The highest BCUT2D eigenvalue weighted by Crippen LogP contribution is 2.27. The second-order valence-corrected chi connectivity index (χ2v) is 3.42. The number of allylic oxidation sites excluding steroid dienone is 6. The largest absolute Gasteiger partial charge is 0.289 e. The molecule has 0 atom stereocenters. The van der Waals surface area contributed by atoms with Crippen LogP contribution in [0.15, 0.2) is 33.9 Å². The van der Waals surface area contributed by atoms with Crippen LogP contribution in [0.25, 0.3) is 0 Å². The SMILES string of the molecule is CC1=CC(=C(C#N)C#N)C(C)=C(C)C1=O. The van der Waals surface area contributed by atoms with E-state index in [1.54, 1.807) is 26.8 Å². The van der Waals surface area contributed by atoms with Gasteiger partial charge < -0.3 is 0 Å². The van der Waals surface area contributed by atoms with Gasteiger partial charge in [-0.2, -0.15) is 10.5 Å². The Kier molecular flexibility index (Phi) is 2.87. The lowest BCUT2D eigenvalue weighted by molar-refractivity contribution is -0.112. The number of nitriles is 2. The number of ketones is 1. The second-order valence-electron chi connectivity index (χ2n) is 3.42. The smallest absolute Gasteiger partial charge is 0.184 e. The molecule has 1 aliphatic rings. The maximum absolute atomic E-state index is 11.6. The van der Waals surface area contributed by atoms with Gasteiger partial charge in [0.05, 0.1) is 0 Å². The Labute approximate surface area is 88.6 Å². The summed E-state index contributed by atoms with van der Waals surface area (Å²) in [4.78, 5) is 11.6. The minimum absolute atomic E-state index is 0.0218. The van der Waals surface area contributed by atoms with Crippen LogP contribution in [-0.4, -0.2) is 5.78 Å². The molecule has 3 nitrogen and oxygen atoms in total. The number of carbonyl (C=O) groups excluding carboxylic acids is 1. The van der Waals surface area contributed by atoms with Crippen molar-refractivity contribution in [3.8, 4) is 12.1 Å². The van der Waals surface area contributed by atoms with Crippen molar-refractivity contribution in [1.29, 1.82) is 10.5 Å². The van der Waals surface area contributed by atoms with Gasteiger partial charge in [-0.05, 0) is 38.0 Å². The minimum Gasteiger partial charge on any atom is -0.289 e. The Bertz CT molecular complexity index is 489. The summed E-state index contributed by atoms with van der Waals surface area (Å²) in [7, 11) is 0. The molecule has 0 heterocycles. The van der Waals surface area contributed by atoms with Crippen molar-refractivity contribution in [3.05, 3.63) is 33.9 Å². The normalized spacial score (nSPS) is 15.7. The summed E-state index contributed by atoms with van der Waals surface area (Å²) in [6.45, 7) is 5.14. The predicted molar refractivity (Wildman–Crippen MR) is 55.4 cm³/mol. The highest BCUT2D eigenvalue weighted by atomic mass is 16.1. The zero-order valence-electron chi connectivity index (χ0n) is 8.88. The van der Waals surface area contributed by atoms with E-state index in [4.69, 9.17) is 10.5 Å². The minimum atomic E-state index is -0.0218. The average molecular weight is 198 g/mol. The highest BCUT2D eigenvalue weighted by Gasteiger charge is 2.20. The molecule has 0 aliphatic heterocycles. The van der Waals surface area contributed by atoms with E-state index in [1.807, 2.05) is 12.1 Å². The van der Waals surface area contributed by atoms with Crippen molar-refractivity contribution in [2.24, 2.45) is 0 Å². The van der Waals surface area contributed by atoms with E-state index < -0.39 is 0 Å². The molecule has 74 valence electrons. The van der Waals surface area contributed by atoms with Crippen LogP contribution in [0.4, 0.5) is 0 Å². The Hall–Kier alpha value is -2.13. The van der Waals surface area contributed by atoms with E-state index in [9.17, 15) is 4.79 Å². The molecular formula is C12H10N2O. The van der Waals surface area contributed by atoms with Crippen molar-refractivity contribution in [3.63, 3.8) is 0 Å². The maximum atomic E-state index is 11.6. The van der Waals surface area contributed by atoms with Crippen molar-refractivity contribution < 1.29 is 4.79 Å². The van der Waals surface area contributed by atoms with Crippen LogP contribution in [0, 0.1) is 22.7 Å². The Balaban J connectivity index is 3.51.